The Morgan fingerprint density at radius 3 is 2.61 bits per heavy atom. The number of benzene rings is 1. The molecular formula is C13H14FNO3. The fourth-order valence-electron chi connectivity index (χ4n) is 2.56. The summed E-state index contributed by atoms with van der Waals surface area (Å²) in [5.74, 6) is -1.12. The standard InChI is InChI=1S/C13H14FNO3/c1-18-12-10(14)6-9(7-11(12)17)13(15-8-16)4-2-3-5-13/h6-7,17H,2-5H2,1H3. The van der Waals surface area contributed by atoms with Crippen LogP contribution in [-0.2, 0) is 10.3 Å². The number of aromatic hydroxyl groups is 1. The Morgan fingerprint density at radius 1 is 1.44 bits per heavy atom. The van der Waals surface area contributed by atoms with Crippen LogP contribution >= 0.6 is 0 Å². The Hall–Kier alpha value is -1.87. The van der Waals surface area contributed by atoms with Gasteiger partial charge in [0.05, 0.1) is 12.6 Å². The van der Waals surface area contributed by atoms with Gasteiger partial charge in [-0.15, -0.1) is 0 Å². The highest BCUT2D eigenvalue weighted by Crippen LogP contribution is 2.44. The number of phenolic OH excluding ortho intramolecular Hbond substituents is 1. The smallest absolute Gasteiger partial charge is 0.235 e. The molecule has 2 rings (SSSR count). The molecule has 0 radical (unpaired) electrons. The number of rotatable bonds is 3. The van der Waals surface area contributed by atoms with Crippen molar-refractivity contribution in [3.05, 3.63) is 23.5 Å². The zero-order chi connectivity index (χ0) is 13.2. The predicted octanol–water partition coefficient (Wildman–Crippen LogP) is 2.65. The third-order valence-electron chi connectivity index (χ3n) is 3.46. The third kappa shape index (κ3) is 1.97. The first-order valence-corrected chi connectivity index (χ1v) is 5.79. The lowest BCUT2D eigenvalue weighted by Crippen LogP contribution is -2.19. The van der Waals surface area contributed by atoms with Gasteiger partial charge in [0, 0.05) is 0 Å². The van der Waals surface area contributed by atoms with Crippen molar-refractivity contribution < 1.29 is 19.0 Å². The molecule has 96 valence electrons. The van der Waals surface area contributed by atoms with E-state index in [0.717, 1.165) is 12.8 Å². The molecular weight excluding hydrogens is 237 g/mol. The fraction of sp³-hybridized carbons (Fsp3) is 0.462. The van der Waals surface area contributed by atoms with Crippen LogP contribution in [0.15, 0.2) is 17.1 Å². The van der Waals surface area contributed by atoms with Crippen molar-refractivity contribution >= 4 is 6.08 Å². The van der Waals surface area contributed by atoms with Gasteiger partial charge in [0.15, 0.2) is 17.3 Å². The highest BCUT2D eigenvalue weighted by molar-refractivity contribution is 5.47. The van der Waals surface area contributed by atoms with E-state index in [2.05, 4.69) is 4.99 Å². The first-order chi connectivity index (χ1) is 8.63. The van der Waals surface area contributed by atoms with Gasteiger partial charge in [0.1, 0.15) is 0 Å². The predicted molar refractivity (Wildman–Crippen MR) is 62.9 cm³/mol. The van der Waals surface area contributed by atoms with Crippen LogP contribution in [0.4, 0.5) is 4.39 Å². The lowest BCUT2D eigenvalue weighted by Gasteiger charge is -2.23. The van der Waals surface area contributed by atoms with Crippen molar-refractivity contribution in [2.75, 3.05) is 7.11 Å². The Bertz CT molecular complexity index is 480. The molecule has 5 heteroatoms. The van der Waals surface area contributed by atoms with Gasteiger partial charge in [-0.3, -0.25) is 0 Å². The van der Waals surface area contributed by atoms with Gasteiger partial charge >= 0.3 is 0 Å². The second-order valence-corrected chi connectivity index (χ2v) is 4.45. The zero-order valence-electron chi connectivity index (χ0n) is 10.1. The number of aliphatic imine (C=N–C) groups is 1. The topological polar surface area (TPSA) is 58.9 Å². The maximum absolute atomic E-state index is 13.7. The average Bonchev–Trinajstić information content (AvgIpc) is 2.79. The first kappa shape index (κ1) is 12.6. The quantitative estimate of drug-likeness (QED) is 0.663. The Labute approximate surface area is 104 Å². The van der Waals surface area contributed by atoms with Crippen LogP contribution in [0.1, 0.15) is 31.2 Å². The minimum absolute atomic E-state index is 0.193. The van der Waals surface area contributed by atoms with E-state index in [1.54, 1.807) is 6.08 Å². The van der Waals surface area contributed by atoms with E-state index in [0.29, 0.717) is 18.4 Å². The normalized spacial score (nSPS) is 17.2. The van der Waals surface area contributed by atoms with Crippen molar-refractivity contribution in [3.63, 3.8) is 0 Å². The summed E-state index contributed by atoms with van der Waals surface area (Å²) in [5.41, 5.74) is -0.244. The van der Waals surface area contributed by atoms with E-state index in [-0.39, 0.29) is 11.5 Å². The highest BCUT2D eigenvalue weighted by Gasteiger charge is 2.36. The molecule has 0 spiro atoms. The van der Waals surface area contributed by atoms with Crippen LogP contribution in [0.3, 0.4) is 0 Å². The van der Waals surface area contributed by atoms with Crippen LogP contribution in [0.25, 0.3) is 0 Å². The molecule has 4 nitrogen and oxygen atoms in total. The molecule has 0 heterocycles. The number of carbonyl (C=O) groups excluding carboxylic acids is 1. The average molecular weight is 251 g/mol. The molecule has 1 N–H and O–H groups in total. The van der Waals surface area contributed by atoms with Gasteiger partial charge in [-0.1, -0.05) is 12.8 Å². The minimum atomic E-state index is -0.744. The molecule has 1 aromatic carbocycles. The number of methoxy groups -OCH3 is 1. The molecule has 1 aliphatic rings. The van der Waals surface area contributed by atoms with Gasteiger partial charge in [0.2, 0.25) is 6.08 Å². The highest BCUT2D eigenvalue weighted by atomic mass is 19.1. The van der Waals surface area contributed by atoms with Gasteiger partial charge in [0.25, 0.3) is 0 Å². The third-order valence-corrected chi connectivity index (χ3v) is 3.46. The van der Waals surface area contributed by atoms with Crippen LogP contribution < -0.4 is 4.74 Å². The summed E-state index contributed by atoms with van der Waals surface area (Å²) in [5, 5.41) is 9.71. The molecule has 18 heavy (non-hydrogen) atoms. The molecule has 1 fully saturated rings. The van der Waals surface area contributed by atoms with Crippen molar-refractivity contribution in [1.82, 2.24) is 0 Å². The van der Waals surface area contributed by atoms with Gasteiger partial charge < -0.3 is 9.84 Å². The first-order valence-electron chi connectivity index (χ1n) is 5.79. The van der Waals surface area contributed by atoms with E-state index < -0.39 is 11.4 Å². The van der Waals surface area contributed by atoms with Crippen molar-refractivity contribution in [2.45, 2.75) is 31.2 Å². The van der Waals surface area contributed by atoms with Crippen molar-refractivity contribution in [2.24, 2.45) is 4.99 Å². The SMILES string of the molecule is COc1c(O)cc(C2(N=C=O)CCCC2)cc1F. The molecule has 0 amide bonds. The monoisotopic (exact) mass is 251 g/mol. The van der Waals surface area contributed by atoms with E-state index in [4.69, 9.17) is 4.74 Å². The van der Waals surface area contributed by atoms with E-state index in [9.17, 15) is 14.3 Å². The van der Waals surface area contributed by atoms with Crippen LogP contribution in [0.2, 0.25) is 0 Å². The van der Waals surface area contributed by atoms with Gasteiger partial charge in [-0.25, -0.2) is 9.18 Å². The van der Waals surface area contributed by atoms with Crippen LogP contribution in [-0.4, -0.2) is 18.3 Å². The lowest BCUT2D eigenvalue weighted by molar-refractivity contribution is 0.347. The second-order valence-electron chi connectivity index (χ2n) is 4.45. The largest absolute Gasteiger partial charge is 0.504 e. The summed E-state index contributed by atoms with van der Waals surface area (Å²) >= 11 is 0. The molecule has 1 aliphatic carbocycles. The molecule has 0 aromatic heterocycles. The number of hydrogen-bond donors (Lipinski definition) is 1. The summed E-state index contributed by atoms with van der Waals surface area (Å²) in [6, 6.07) is 2.68. The zero-order valence-corrected chi connectivity index (χ0v) is 10.1. The summed E-state index contributed by atoms with van der Waals surface area (Å²) in [6.07, 6.45) is 4.71. The molecule has 0 bridgehead atoms. The molecule has 0 unspecified atom stereocenters. The van der Waals surface area contributed by atoms with E-state index in [1.807, 2.05) is 0 Å². The molecule has 0 aliphatic heterocycles. The maximum Gasteiger partial charge on any atom is 0.235 e. The summed E-state index contributed by atoms with van der Waals surface area (Å²) in [6.45, 7) is 0. The Balaban J connectivity index is 2.53. The molecule has 0 saturated heterocycles. The Kier molecular flexibility index (Phi) is 3.34. The molecule has 1 saturated carbocycles. The fourth-order valence-corrected chi connectivity index (χ4v) is 2.56. The Morgan fingerprint density at radius 2 is 2.11 bits per heavy atom. The number of hydrogen-bond acceptors (Lipinski definition) is 4. The maximum atomic E-state index is 13.7. The molecule has 1 aromatic rings. The second kappa shape index (κ2) is 4.78. The summed E-state index contributed by atoms with van der Waals surface area (Å²) in [7, 11) is 1.28. The minimum Gasteiger partial charge on any atom is -0.504 e. The lowest BCUT2D eigenvalue weighted by atomic mass is 9.88. The van der Waals surface area contributed by atoms with Crippen molar-refractivity contribution in [1.29, 1.82) is 0 Å². The van der Waals surface area contributed by atoms with E-state index in [1.165, 1.54) is 19.2 Å². The number of phenols is 1. The number of isocyanates is 1. The van der Waals surface area contributed by atoms with Crippen LogP contribution in [0, 0.1) is 5.82 Å². The summed E-state index contributed by atoms with van der Waals surface area (Å²) in [4.78, 5) is 14.4. The van der Waals surface area contributed by atoms with Gasteiger partial charge in [-0.05, 0) is 30.5 Å². The van der Waals surface area contributed by atoms with Crippen LogP contribution in [0.5, 0.6) is 11.5 Å². The number of ether oxygens (including phenoxy) is 1. The number of nitrogens with zero attached hydrogens (tertiary/aromatic N) is 1. The summed E-state index contributed by atoms with van der Waals surface area (Å²) < 4.78 is 18.5. The molecule has 0 atom stereocenters. The van der Waals surface area contributed by atoms with Crippen molar-refractivity contribution in [3.8, 4) is 11.5 Å². The number of halogens is 1. The van der Waals surface area contributed by atoms with Gasteiger partial charge in [-0.2, -0.15) is 4.99 Å². The van der Waals surface area contributed by atoms with E-state index >= 15 is 0 Å².